The fourth-order valence-electron chi connectivity index (χ4n) is 3.61. The Balaban J connectivity index is 1.32. The summed E-state index contributed by atoms with van der Waals surface area (Å²) in [5.41, 5.74) is -0.709. The number of alkyl halides is 6. The Kier molecular flexibility index (Phi) is 11.1. The van der Waals surface area contributed by atoms with Crippen LogP contribution >= 0.6 is 31.5 Å². The SMILES string of the molecule is COc1cc(CO[P+](=O)OCc2ccc(Nc3ncc(C(F)(F)F)c(Cl)n3)c(OC)c2)ccc1Nc1ncc(C(F)(F)F)c(Cl)n1. The van der Waals surface area contributed by atoms with Crippen molar-refractivity contribution in [1.82, 2.24) is 19.9 Å². The van der Waals surface area contributed by atoms with Crippen LogP contribution in [0.1, 0.15) is 22.3 Å². The summed E-state index contributed by atoms with van der Waals surface area (Å²) < 4.78 is 111. The topological polar surface area (TPSA) is 130 Å². The van der Waals surface area contributed by atoms with Gasteiger partial charge >= 0.3 is 20.6 Å². The number of nitrogens with zero attached hydrogens (tertiary/aromatic N) is 4. The lowest BCUT2D eigenvalue weighted by Gasteiger charge is -2.13. The molecule has 0 atom stereocenters. The Morgan fingerprint density at radius 1 is 0.717 bits per heavy atom. The quantitative estimate of drug-likeness (QED) is 0.0833. The fourth-order valence-corrected chi connectivity index (χ4v) is 4.67. The highest BCUT2D eigenvalue weighted by Crippen LogP contribution is 2.37. The summed E-state index contributed by atoms with van der Waals surface area (Å²) in [5, 5.41) is 3.89. The van der Waals surface area contributed by atoms with E-state index < -0.39 is 42.0 Å². The molecule has 2 aromatic heterocycles. The van der Waals surface area contributed by atoms with Crippen LogP contribution in [0, 0.1) is 0 Å². The summed E-state index contributed by atoms with van der Waals surface area (Å²) in [6.45, 7) is -0.313. The van der Waals surface area contributed by atoms with Gasteiger partial charge < -0.3 is 20.1 Å². The second-order valence-corrected chi connectivity index (χ2v) is 10.6. The van der Waals surface area contributed by atoms with E-state index in [1.165, 1.54) is 38.5 Å². The first-order valence-electron chi connectivity index (χ1n) is 12.5. The van der Waals surface area contributed by atoms with Crippen molar-refractivity contribution < 1.29 is 49.4 Å². The molecule has 0 saturated heterocycles. The lowest BCUT2D eigenvalue weighted by molar-refractivity contribution is -0.138. The van der Waals surface area contributed by atoms with Gasteiger partial charge in [0, 0.05) is 17.0 Å². The first-order chi connectivity index (χ1) is 21.7. The molecule has 2 aromatic carbocycles. The van der Waals surface area contributed by atoms with Crippen LogP contribution in [0.2, 0.25) is 10.3 Å². The predicted molar refractivity (Wildman–Crippen MR) is 154 cm³/mol. The van der Waals surface area contributed by atoms with E-state index in [4.69, 9.17) is 41.7 Å². The third-order valence-electron chi connectivity index (χ3n) is 5.79. The van der Waals surface area contributed by atoms with Crippen LogP contribution in [0.4, 0.5) is 49.6 Å². The number of rotatable bonds is 12. The number of hydrogen-bond donors (Lipinski definition) is 2. The molecule has 4 rings (SSSR count). The molecular formula is C26H20Cl2F6N6O5P+. The Bertz CT molecular complexity index is 1610. The molecule has 0 saturated carbocycles. The molecule has 0 fully saturated rings. The van der Waals surface area contributed by atoms with E-state index in [1.54, 1.807) is 12.1 Å². The molecule has 20 heteroatoms. The van der Waals surface area contributed by atoms with Gasteiger partial charge in [-0.1, -0.05) is 35.3 Å². The molecular weight excluding hydrogens is 692 g/mol. The molecule has 2 heterocycles. The minimum atomic E-state index is -4.71. The predicted octanol–water partition coefficient (Wildman–Crippen LogP) is 8.51. The second-order valence-electron chi connectivity index (χ2n) is 8.88. The highest BCUT2D eigenvalue weighted by Gasteiger charge is 2.35. The first-order valence-corrected chi connectivity index (χ1v) is 14.3. The van der Waals surface area contributed by atoms with Gasteiger partial charge in [-0.3, -0.25) is 0 Å². The first kappa shape index (κ1) is 34.8. The van der Waals surface area contributed by atoms with Crippen molar-refractivity contribution in [3.63, 3.8) is 0 Å². The maximum atomic E-state index is 12.9. The standard InChI is InChI=1S/C26H20Cl2F6N6O5P/c1-42-19-7-13(3-5-17(19)37-23-35-9-15(21(27)39-23)25(29,30)31)11-44-46(41)45-12-14-4-6-18(20(8-14)43-2)38-24-36-10-16(22(28)40-24)26(32,33)34/h3-10H,11-12H2,1-2H3,(H,35,37,39)(H,36,38,40)/q+1. The zero-order valence-corrected chi connectivity index (χ0v) is 25.7. The number of ether oxygens (including phenoxy) is 2. The molecule has 0 aliphatic rings. The largest absolute Gasteiger partial charge is 0.698 e. The summed E-state index contributed by atoms with van der Waals surface area (Å²) in [6.07, 6.45) is -8.31. The average Bonchev–Trinajstić information content (AvgIpc) is 2.98. The van der Waals surface area contributed by atoms with Crippen LogP contribution in [0.5, 0.6) is 11.5 Å². The van der Waals surface area contributed by atoms with Gasteiger partial charge in [-0.25, -0.2) is 19.9 Å². The Hall–Kier alpha value is -4.02. The maximum Gasteiger partial charge on any atom is 0.698 e. The molecule has 0 aliphatic carbocycles. The van der Waals surface area contributed by atoms with Crippen molar-refractivity contribution in [3.8, 4) is 11.5 Å². The lowest BCUT2D eigenvalue weighted by atomic mass is 10.2. The molecule has 46 heavy (non-hydrogen) atoms. The number of methoxy groups -OCH3 is 2. The molecule has 2 N–H and O–H groups in total. The monoisotopic (exact) mass is 711 g/mol. The van der Waals surface area contributed by atoms with Crippen LogP contribution in [-0.4, -0.2) is 34.2 Å². The van der Waals surface area contributed by atoms with Crippen LogP contribution in [0.15, 0.2) is 48.8 Å². The molecule has 244 valence electrons. The molecule has 0 unspecified atom stereocenters. The summed E-state index contributed by atoms with van der Waals surface area (Å²) >= 11 is 11.3. The zero-order chi connectivity index (χ0) is 33.6. The molecule has 0 radical (unpaired) electrons. The third-order valence-corrected chi connectivity index (χ3v) is 7.05. The number of benzene rings is 2. The minimum absolute atomic E-state index is 0.156. The highest BCUT2D eigenvalue weighted by atomic mass is 35.5. The van der Waals surface area contributed by atoms with Gasteiger partial charge in [-0.05, 0) is 35.4 Å². The number of halogens is 8. The maximum absolute atomic E-state index is 12.9. The van der Waals surface area contributed by atoms with Gasteiger partial charge in [0.15, 0.2) is 0 Å². The van der Waals surface area contributed by atoms with E-state index in [-0.39, 0.29) is 36.6 Å². The van der Waals surface area contributed by atoms with E-state index >= 15 is 0 Å². The van der Waals surface area contributed by atoms with Crippen LogP contribution in [-0.2, 0) is 39.2 Å². The van der Waals surface area contributed by atoms with Crippen LogP contribution < -0.4 is 20.1 Å². The van der Waals surface area contributed by atoms with Crippen molar-refractivity contribution in [2.45, 2.75) is 25.6 Å². The van der Waals surface area contributed by atoms with Gasteiger partial charge in [0.05, 0.1) is 25.6 Å². The van der Waals surface area contributed by atoms with Gasteiger partial charge in [0.25, 0.3) is 0 Å². The molecule has 0 spiro atoms. The minimum Gasteiger partial charge on any atom is -0.495 e. The molecule has 11 nitrogen and oxygen atoms in total. The third kappa shape index (κ3) is 9.04. The van der Waals surface area contributed by atoms with E-state index in [2.05, 4.69) is 30.6 Å². The van der Waals surface area contributed by atoms with Crippen molar-refractivity contribution in [3.05, 3.63) is 81.4 Å². The van der Waals surface area contributed by atoms with Crippen LogP contribution in [0.3, 0.4) is 0 Å². The van der Waals surface area contributed by atoms with Crippen molar-refractivity contribution in [1.29, 1.82) is 0 Å². The van der Waals surface area contributed by atoms with Crippen LogP contribution in [0.25, 0.3) is 0 Å². The summed E-state index contributed by atoms with van der Waals surface area (Å²) in [4.78, 5) is 14.5. The Labute approximate surface area is 267 Å². The van der Waals surface area contributed by atoms with E-state index in [9.17, 15) is 30.9 Å². The summed E-state index contributed by atoms with van der Waals surface area (Å²) in [5.74, 6) is 0.104. The number of aromatic nitrogens is 4. The fraction of sp³-hybridized carbons (Fsp3) is 0.231. The molecule has 4 aromatic rings. The molecule has 0 bridgehead atoms. The van der Waals surface area contributed by atoms with E-state index in [0.717, 1.165) is 0 Å². The van der Waals surface area contributed by atoms with Crippen molar-refractivity contribution in [2.24, 2.45) is 0 Å². The summed E-state index contributed by atoms with van der Waals surface area (Å²) in [6, 6.07) is 9.24. The number of hydrogen-bond acceptors (Lipinski definition) is 11. The highest BCUT2D eigenvalue weighted by molar-refractivity contribution is 7.33. The molecule has 0 aliphatic heterocycles. The lowest BCUT2D eigenvalue weighted by Crippen LogP contribution is -2.09. The normalized spacial score (nSPS) is 11.7. The molecule has 0 amide bonds. The van der Waals surface area contributed by atoms with Gasteiger partial charge in [-0.2, -0.15) is 26.3 Å². The Morgan fingerprint density at radius 2 is 1.11 bits per heavy atom. The average molecular weight is 712 g/mol. The number of anilines is 4. The van der Waals surface area contributed by atoms with Gasteiger partial charge in [0.2, 0.25) is 11.9 Å². The van der Waals surface area contributed by atoms with Gasteiger partial charge in [-0.15, -0.1) is 9.05 Å². The zero-order valence-electron chi connectivity index (χ0n) is 23.3. The number of nitrogens with one attached hydrogen (secondary N) is 2. The van der Waals surface area contributed by atoms with Crippen molar-refractivity contribution in [2.75, 3.05) is 24.9 Å². The smallest absolute Gasteiger partial charge is 0.495 e. The van der Waals surface area contributed by atoms with Crippen molar-refractivity contribution >= 4 is 54.7 Å². The summed E-state index contributed by atoms with van der Waals surface area (Å²) in [7, 11) is 0.115. The van der Waals surface area contributed by atoms with E-state index in [0.29, 0.717) is 34.9 Å². The van der Waals surface area contributed by atoms with Gasteiger partial charge in [0.1, 0.15) is 46.1 Å². The van der Waals surface area contributed by atoms with E-state index in [1.807, 2.05) is 0 Å². The Morgan fingerprint density at radius 3 is 1.43 bits per heavy atom. The second kappa shape index (κ2) is 14.6.